The van der Waals surface area contributed by atoms with Crippen LogP contribution < -0.4 is 10.1 Å². The molecule has 0 amide bonds. The van der Waals surface area contributed by atoms with E-state index in [1.807, 2.05) is 24.3 Å². The zero-order chi connectivity index (χ0) is 14.7. The molecule has 1 aliphatic carbocycles. The molecule has 0 aromatic heterocycles. The van der Waals surface area contributed by atoms with Gasteiger partial charge >= 0.3 is 0 Å². The van der Waals surface area contributed by atoms with Gasteiger partial charge in [0.25, 0.3) is 0 Å². The Morgan fingerprint density at radius 2 is 1.95 bits per heavy atom. The van der Waals surface area contributed by atoms with Crippen LogP contribution in [0.1, 0.15) is 29.9 Å². The molecule has 0 aliphatic heterocycles. The van der Waals surface area contributed by atoms with Crippen molar-refractivity contribution in [3.05, 3.63) is 64.7 Å². The van der Waals surface area contributed by atoms with Crippen LogP contribution >= 0.6 is 11.6 Å². The fourth-order valence-corrected chi connectivity index (χ4v) is 3.06. The van der Waals surface area contributed by atoms with Crippen molar-refractivity contribution >= 4 is 11.6 Å². The van der Waals surface area contributed by atoms with Gasteiger partial charge in [-0.15, -0.1) is 0 Å². The number of rotatable bonds is 5. The van der Waals surface area contributed by atoms with Gasteiger partial charge in [0, 0.05) is 17.6 Å². The van der Waals surface area contributed by atoms with Crippen molar-refractivity contribution in [2.45, 2.75) is 31.3 Å². The molecule has 0 unspecified atom stereocenters. The van der Waals surface area contributed by atoms with E-state index in [0.717, 1.165) is 17.3 Å². The van der Waals surface area contributed by atoms with Crippen molar-refractivity contribution in [2.24, 2.45) is 0 Å². The minimum atomic E-state index is 0.597. The second-order valence-corrected chi connectivity index (χ2v) is 6.09. The molecule has 1 saturated carbocycles. The van der Waals surface area contributed by atoms with Gasteiger partial charge in [0.15, 0.2) is 0 Å². The van der Waals surface area contributed by atoms with E-state index in [1.54, 1.807) is 7.11 Å². The molecular weight excluding hydrogens is 282 g/mol. The topological polar surface area (TPSA) is 21.3 Å². The number of halogens is 1. The van der Waals surface area contributed by atoms with Gasteiger partial charge in [-0.25, -0.2) is 0 Å². The first kappa shape index (κ1) is 14.4. The lowest BCUT2D eigenvalue weighted by Crippen LogP contribution is -2.39. The third-order valence-corrected chi connectivity index (χ3v) is 4.42. The van der Waals surface area contributed by atoms with Crippen molar-refractivity contribution in [2.75, 3.05) is 7.11 Å². The molecule has 2 aromatic rings. The molecule has 1 aliphatic rings. The SMILES string of the molecule is COc1cccc(CNC2CC(c3cccc(Cl)c3)C2)c1. The van der Waals surface area contributed by atoms with E-state index in [2.05, 4.69) is 29.6 Å². The summed E-state index contributed by atoms with van der Waals surface area (Å²) in [5.74, 6) is 1.56. The fraction of sp³-hybridized carbons (Fsp3) is 0.333. The molecule has 1 N–H and O–H groups in total. The minimum absolute atomic E-state index is 0.597. The smallest absolute Gasteiger partial charge is 0.119 e. The number of hydrogen-bond acceptors (Lipinski definition) is 2. The highest BCUT2D eigenvalue weighted by atomic mass is 35.5. The summed E-state index contributed by atoms with van der Waals surface area (Å²) in [6.45, 7) is 0.893. The molecular formula is C18H20ClNO. The Morgan fingerprint density at radius 3 is 2.71 bits per heavy atom. The third-order valence-electron chi connectivity index (χ3n) is 4.19. The number of ether oxygens (including phenoxy) is 1. The lowest BCUT2D eigenvalue weighted by Gasteiger charge is -2.36. The van der Waals surface area contributed by atoms with E-state index in [4.69, 9.17) is 16.3 Å². The summed E-state index contributed by atoms with van der Waals surface area (Å²) in [5, 5.41) is 4.45. The Kier molecular flexibility index (Phi) is 4.47. The Bertz CT molecular complexity index is 608. The zero-order valence-electron chi connectivity index (χ0n) is 12.2. The van der Waals surface area contributed by atoms with Crippen molar-refractivity contribution < 1.29 is 4.74 Å². The molecule has 2 nitrogen and oxygen atoms in total. The molecule has 21 heavy (non-hydrogen) atoms. The van der Waals surface area contributed by atoms with Gasteiger partial charge in [0.05, 0.1) is 7.11 Å². The van der Waals surface area contributed by atoms with Crippen LogP contribution in [-0.4, -0.2) is 13.2 Å². The maximum atomic E-state index is 6.05. The highest BCUT2D eigenvalue weighted by molar-refractivity contribution is 6.30. The van der Waals surface area contributed by atoms with Crippen LogP contribution in [0.25, 0.3) is 0 Å². The van der Waals surface area contributed by atoms with Crippen LogP contribution in [0.5, 0.6) is 5.75 Å². The minimum Gasteiger partial charge on any atom is -0.497 e. The second kappa shape index (κ2) is 6.50. The molecule has 1 fully saturated rings. The predicted octanol–water partition coefficient (Wildman–Crippen LogP) is 4.38. The monoisotopic (exact) mass is 301 g/mol. The standard InChI is InChI=1S/C18H20ClNO/c1-21-18-7-2-4-13(8-18)12-20-17-10-15(11-17)14-5-3-6-16(19)9-14/h2-9,15,17,20H,10-12H2,1H3. The van der Waals surface area contributed by atoms with Gasteiger partial charge < -0.3 is 10.1 Å². The second-order valence-electron chi connectivity index (χ2n) is 5.65. The van der Waals surface area contributed by atoms with Gasteiger partial charge in [-0.3, -0.25) is 0 Å². The van der Waals surface area contributed by atoms with Gasteiger partial charge in [0.1, 0.15) is 5.75 Å². The summed E-state index contributed by atoms with van der Waals surface area (Å²) in [4.78, 5) is 0. The Hall–Kier alpha value is -1.51. The number of benzene rings is 2. The first-order valence-electron chi connectivity index (χ1n) is 7.36. The Labute approximate surface area is 131 Å². The molecule has 2 aromatic carbocycles. The van der Waals surface area contributed by atoms with Crippen molar-refractivity contribution in [3.8, 4) is 5.75 Å². The lowest BCUT2D eigenvalue weighted by atomic mass is 9.76. The third kappa shape index (κ3) is 3.58. The van der Waals surface area contributed by atoms with E-state index in [0.29, 0.717) is 12.0 Å². The van der Waals surface area contributed by atoms with Gasteiger partial charge in [0.2, 0.25) is 0 Å². The summed E-state index contributed by atoms with van der Waals surface area (Å²) in [6.07, 6.45) is 2.37. The summed E-state index contributed by atoms with van der Waals surface area (Å²) in [7, 11) is 1.70. The lowest BCUT2D eigenvalue weighted by molar-refractivity contribution is 0.289. The van der Waals surface area contributed by atoms with Gasteiger partial charge in [-0.05, 0) is 54.2 Å². The van der Waals surface area contributed by atoms with E-state index >= 15 is 0 Å². The molecule has 3 heteroatoms. The summed E-state index contributed by atoms with van der Waals surface area (Å²) in [5.41, 5.74) is 2.63. The summed E-state index contributed by atoms with van der Waals surface area (Å²) < 4.78 is 5.25. The first-order valence-corrected chi connectivity index (χ1v) is 7.74. The summed E-state index contributed by atoms with van der Waals surface area (Å²) >= 11 is 6.05. The maximum Gasteiger partial charge on any atom is 0.119 e. The van der Waals surface area contributed by atoms with E-state index < -0.39 is 0 Å². The molecule has 0 spiro atoms. The van der Waals surface area contributed by atoms with Crippen LogP contribution in [0.4, 0.5) is 0 Å². The average molecular weight is 302 g/mol. The van der Waals surface area contributed by atoms with Crippen molar-refractivity contribution in [1.29, 1.82) is 0 Å². The first-order chi connectivity index (χ1) is 10.2. The van der Waals surface area contributed by atoms with Crippen LogP contribution in [-0.2, 0) is 6.54 Å². The van der Waals surface area contributed by atoms with Gasteiger partial charge in [-0.2, -0.15) is 0 Å². The number of nitrogens with one attached hydrogen (secondary N) is 1. The van der Waals surface area contributed by atoms with Crippen LogP contribution in [0, 0.1) is 0 Å². The maximum absolute atomic E-state index is 6.05. The molecule has 0 radical (unpaired) electrons. The fourth-order valence-electron chi connectivity index (χ4n) is 2.86. The predicted molar refractivity (Wildman–Crippen MR) is 87.0 cm³/mol. The molecule has 3 rings (SSSR count). The van der Waals surface area contributed by atoms with E-state index in [-0.39, 0.29) is 0 Å². The average Bonchev–Trinajstić information content (AvgIpc) is 2.46. The molecule has 0 saturated heterocycles. The van der Waals surface area contributed by atoms with Crippen LogP contribution in [0.3, 0.4) is 0 Å². The van der Waals surface area contributed by atoms with E-state index in [9.17, 15) is 0 Å². The largest absolute Gasteiger partial charge is 0.497 e. The molecule has 0 heterocycles. The Morgan fingerprint density at radius 1 is 1.14 bits per heavy atom. The highest BCUT2D eigenvalue weighted by Gasteiger charge is 2.29. The van der Waals surface area contributed by atoms with Gasteiger partial charge in [-0.1, -0.05) is 35.9 Å². The number of hydrogen-bond donors (Lipinski definition) is 1. The van der Waals surface area contributed by atoms with Crippen molar-refractivity contribution in [1.82, 2.24) is 5.32 Å². The summed E-state index contributed by atoms with van der Waals surface area (Å²) in [6, 6.07) is 17.0. The van der Waals surface area contributed by atoms with Crippen LogP contribution in [0.15, 0.2) is 48.5 Å². The number of methoxy groups -OCH3 is 1. The normalized spacial score (nSPS) is 20.9. The highest BCUT2D eigenvalue weighted by Crippen LogP contribution is 2.37. The molecule has 110 valence electrons. The quantitative estimate of drug-likeness (QED) is 0.884. The molecule has 0 atom stereocenters. The van der Waals surface area contributed by atoms with E-state index in [1.165, 1.54) is 24.0 Å². The molecule has 0 bridgehead atoms. The Balaban J connectivity index is 1.49. The van der Waals surface area contributed by atoms with Crippen LogP contribution in [0.2, 0.25) is 5.02 Å². The zero-order valence-corrected chi connectivity index (χ0v) is 12.9. The van der Waals surface area contributed by atoms with Crippen molar-refractivity contribution in [3.63, 3.8) is 0 Å².